The summed E-state index contributed by atoms with van der Waals surface area (Å²) < 4.78 is 13.5. The van der Waals surface area contributed by atoms with Crippen molar-refractivity contribution in [2.75, 3.05) is 13.1 Å². The summed E-state index contributed by atoms with van der Waals surface area (Å²) in [5.41, 5.74) is 0.629. The fourth-order valence-corrected chi connectivity index (χ4v) is 2.40. The lowest BCUT2D eigenvalue weighted by atomic mass is 10.1. The second-order valence-electron chi connectivity index (χ2n) is 4.03. The van der Waals surface area contributed by atoms with Gasteiger partial charge in [-0.1, -0.05) is 22.0 Å². The third kappa shape index (κ3) is 4.60. The number of halogens is 2. The number of nitrogens with zero attached hydrogens (tertiary/aromatic N) is 1. The van der Waals surface area contributed by atoms with Crippen molar-refractivity contribution in [3.63, 3.8) is 0 Å². The first-order valence-electron chi connectivity index (χ1n) is 5.44. The number of hydrogen-bond donors (Lipinski definition) is 2. The Kier molecular flexibility index (Phi) is 5.44. The first-order valence-corrected chi connectivity index (χ1v) is 6.23. The van der Waals surface area contributed by atoms with Crippen molar-refractivity contribution in [3.8, 4) is 0 Å². The van der Waals surface area contributed by atoms with Crippen LogP contribution in [0.15, 0.2) is 22.7 Å². The number of carbonyl (C=O) groups is 2. The molecule has 1 aromatic carbocycles. The first-order chi connectivity index (χ1) is 8.81. The van der Waals surface area contributed by atoms with Gasteiger partial charge in [-0.25, -0.2) is 4.39 Å². The molecule has 2 N–H and O–H groups in total. The lowest BCUT2D eigenvalue weighted by Gasteiger charge is -2.26. The highest BCUT2D eigenvalue weighted by atomic mass is 79.9. The molecule has 0 heterocycles. The fraction of sp³-hybridized carbons (Fsp3) is 0.333. The number of rotatable bonds is 6. The van der Waals surface area contributed by atoms with Crippen molar-refractivity contribution in [2.45, 2.75) is 13.0 Å². The van der Waals surface area contributed by atoms with Crippen LogP contribution in [0, 0.1) is 5.82 Å². The molecule has 0 saturated heterocycles. The molecule has 19 heavy (non-hydrogen) atoms. The van der Waals surface area contributed by atoms with Gasteiger partial charge in [-0.3, -0.25) is 14.5 Å². The van der Waals surface area contributed by atoms with Crippen LogP contribution in [-0.4, -0.2) is 40.1 Å². The van der Waals surface area contributed by atoms with E-state index in [1.54, 1.807) is 6.92 Å². The van der Waals surface area contributed by atoms with Gasteiger partial charge in [-0.05, 0) is 24.6 Å². The highest BCUT2D eigenvalue weighted by Crippen LogP contribution is 2.28. The van der Waals surface area contributed by atoms with Crippen molar-refractivity contribution in [1.29, 1.82) is 0 Å². The van der Waals surface area contributed by atoms with Crippen molar-refractivity contribution < 1.29 is 24.2 Å². The zero-order chi connectivity index (χ0) is 14.6. The molecule has 0 aliphatic carbocycles. The number of hydrogen-bond acceptors (Lipinski definition) is 3. The van der Waals surface area contributed by atoms with Gasteiger partial charge < -0.3 is 10.2 Å². The molecule has 0 aliphatic heterocycles. The molecule has 1 atom stereocenters. The van der Waals surface area contributed by atoms with Gasteiger partial charge in [-0.15, -0.1) is 0 Å². The molecule has 1 unspecified atom stereocenters. The van der Waals surface area contributed by atoms with E-state index in [2.05, 4.69) is 15.9 Å². The van der Waals surface area contributed by atoms with Crippen molar-refractivity contribution in [1.82, 2.24) is 4.90 Å². The number of carboxylic acid groups (broad SMARTS) is 2. The Morgan fingerprint density at radius 3 is 2.26 bits per heavy atom. The summed E-state index contributed by atoms with van der Waals surface area (Å²) in [4.78, 5) is 22.8. The van der Waals surface area contributed by atoms with Crippen LogP contribution in [0.3, 0.4) is 0 Å². The fourth-order valence-electron chi connectivity index (χ4n) is 1.71. The van der Waals surface area contributed by atoms with E-state index in [0.29, 0.717) is 10.0 Å². The van der Waals surface area contributed by atoms with Crippen LogP contribution in [0.25, 0.3) is 0 Å². The minimum Gasteiger partial charge on any atom is -0.480 e. The maximum atomic E-state index is 13.0. The average molecular weight is 334 g/mol. The van der Waals surface area contributed by atoms with Gasteiger partial charge >= 0.3 is 11.9 Å². The Labute approximate surface area is 117 Å². The Bertz CT molecular complexity index is 479. The van der Waals surface area contributed by atoms with E-state index in [1.165, 1.54) is 23.1 Å². The van der Waals surface area contributed by atoms with E-state index < -0.39 is 36.9 Å². The molecule has 0 amide bonds. The van der Waals surface area contributed by atoms with E-state index in [0.717, 1.165) is 0 Å². The molecule has 1 rings (SSSR count). The van der Waals surface area contributed by atoms with E-state index in [9.17, 15) is 14.0 Å². The summed E-state index contributed by atoms with van der Waals surface area (Å²) in [6.45, 7) is 0.860. The van der Waals surface area contributed by atoms with E-state index >= 15 is 0 Å². The molecule has 0 spiro atoms. The van der Waals surface area contributed by atoms with Gasteiger partial charge in [0, 0.05) is 10.5 Å². The summed E-state index contributed by atoms with van der Waals surface area (Å²) in [6.07, 6.45) is 0. The largest absolute Gasteiger partial charge is 0.480 e. The molecule has 0 fully saturated rings. The standard InChI is InChI=1S/C12H13BrFNO4/c1-7(9-3-2-8(14)4-10(9)13)15(5-11(16)17)6-12(18)19/h2-4,7H,5-6H2,1H3,(H,16,17)(H,18,19). The molecule has 0 radical (unpaired) electrons. The van der Waals surface area contributed by atoms with Gasteiger partial charge in [0.2, 0.25) is 0 Å². The summed E-state index contributed by atoms with van der Waals surface area (Å²) >= 11 is 3.19. The predicted molar refractivity (Wildman–Crippen MR) is 69.4 cm³/mol. The Balaban J connectivity index is 3.00. The highest BCUT2D eigenvalue weighted by Gasteiger charge is 2.22. The van der Waals surface area contributed by atoms with Crippen molar-refractivity contribution in [2.24, 2.45) is 0 Å². The maximum Gasteiger partial charge on any atom is 0.317 e. The third-order valence-corrected chi connectivity index (χ3v) is 3.32. The van der Waals surface area contributed by atoms with Crippen LogP contribution in [0.4, 0.5) is 4.39 Å². The first kappa shape index (κ1) is 15.6. The van der Waals surface area contributed by atoms with E-state index in [1.807, 2.05) is 0 Å². The Morgan fingerprint density at radius 2 is 1.84 bits per heavy atom. The second kappa shape index (κ2) is 6.63. The molecule has 0 aliphatic rings. The predicted octanol–water partition coefficient (Wildman–Crippen LogP) is 2.12. The SMILES string of the molecule is CC(c1ccc(F)cc1Br)N(CC(=O)O)CC(=O)O. The Morgan fingerprint density at radius 1 is 1.32 bits per heavy atom. The van der Waals surface area contributed by atoms with Crippen LogP contribution in [0.2, 0.25) is 0 Å². The number of carboxylic acids is 2. The monoisotopic (exact) mass is 333 g/mol. The molecule has 104 valence electrons. The molecular formula is C12H13BrFNO4. The highest BCUT2D eigenvalue weighted by molar-refractivity contribution is 9.10. The minimum atomic E-state index is -1.12. The number of benzene rings is 1. The van der Waals surface area contributed by atoms with Gasteiger partial charge in [0.15, 0.2) is 0 Å². The topological polar surface area (TPSA) is 77.8 Å². The minimum absolute atomic E-state index is 0.405. The summed E-state index contributed by atoms with van der Waals surface area (Å²) in [6, 6.07) is 3.53. The molecule has 0 saturated carbocycles. The zero-order valence-electron chi connectivity index (χ0n) is 10.1. The lowest BCUT2D eigenvalue weighted by molar-refractivity contribution is -0.142. The molecular weight excluding hydrogens is 321 g/mol. The van der Waals surface area contributed by atoms with E-state index in [-0.39, 0.29) is 0 Å². The summed E-state index contributed by atoms with van der Waals surface area (Å²) in [5.74, 6) is -2.66. The van der Waals surface area contributed by atoms with Crippen LogP contribution < -0.4 is 0 Å². The molecule has 0 aromatic heterocycles. The molecule has 5 nitrogen and oxygen atoms in total. The van der Waals surface area contributed by atoms with Gasteiger partial charge in [0.05, 0.1) is 13.1 Å². The van der Waals surface area contributed by atoms with Crippen LogP contribution >= 0.6 is 15.9 Å². The van der Waals surface area contributed by atoms with Crippen molar-refractivity contribution in [3.05, 3.63) is 34.1 Å². The second-order valence-corrected chi connectivity index (χ2v) is 4.89. The van der Waals surface area contributed by atoms with Crippen LogP contribution in [0.1, 0.15) is 18.5 Å². The quantitative estimate of drug-likeness (QED) is 0.833. The van der Waals surface area contributed by atoms with Gasteiger partial charge in [-0.2, -0.15) is 0 Å². The number of aliphatic carboxylic acids is 2. The zero-order valence-corrected chi connectivity index (χ0v) is 11.7. The normalized spacial score (nSPS) is 12.4. The summed E-state index contributed by atoms with van der Waals surface area (Å²) in [7, 11) is 0. The average Bonchev–Trinajstić information content (AvgIpc) is 2.26. The molecule has 7 heteroatoms. The van der Waals surface area contributed by atoms with Gasteiger partial charge in [0.25, 0.3) is 0 Å². The van der Waals surface area contributed by atoms with Gasteiger partial charge in [0.1, 0.15) is 5.82 Å². The molecule has 0 bridgehead atoms. The van der Waals surface area contributed by atoms with E-state index in [4.69, 9.17) is 10.2 Å². The Hall–Kier alpha value is -1.47. The smallest absolute Gasteiger partial charge is 0.317 e. The summed E-state index contributed by atoms with van der Waals surface area (Å²) in [5, 5.41) is 17.6. The third-order valence-electron chi connectivity index (χ3n) is 2.64. The maximum absolute atomic E-state index is 13.0. The molecule has 1 aromatic rings. The lowest BCUT2D eigenvalue weighted by Crippen LogP contribution is -2.36. The van der Waals surface area contributed by atoms with Crippen LogP contribution in [-0.2, 0) is 9.59 Å². The van der Waals surface area contributed by atoms with Crippen molar-refractivity contribution >= 4 is 27.9 Å². The van der Waals surface area contributed by atoms with Crippen LogP contribution in [0.5, 0.6) is 0 Å².